The lowest BCUT2D eigenvalue weighted by Gasteiger charge is -2.11. The third-order valence-corrected chi connectivity index (χ3v) is 4.39. The number of aryl methyl sites for hydroxylation is 1. The van der Waals surface area contributed by atoms with Crippen LogP contribution in [0.25, 0.3) is 10.8 Å². The number of hydrazone groups is 1. The molecule has 0 fully saturated rings. The zero-order valence-electron chi connectivity index (χ0n) is 14.6. The summed E-state index contributed by atoms with van der Waals surface area (Å²) in [5, 5.41) is 7.00. The van der Waals surface area contributed by atoms with E-state index in [1.807, 2.05) is 60.9 Å². The van der Waals surface area contributed by atoms with Gasteiger partial charge in [0.15, 0.2) is 0 Å². The molecule has 0 spiro atoms. The number of pyridine rings is 1. The average Bonchev–Trinajstić information content (AvgIpc) is 2.70. The third kappa shape index (κ3) is 3.20. The van der Waals surface area contributed by atoms with Crippen molar-refractivity contribution in [2.24, 2.45) is 5.10 Å². The molecule has 0 atom stereocenters. The first-order chi connectivity index (χ1) is 12.8. The van der Waals surface area contributed by atoms with Crippen LogP contribution in [0.3, 0.4) is 0 Å². The second-order valence-electron chi connectivity index (χ2n) is 6.16. The van der Waals surface area contributed by atoms with Crippen molar-refractivity contribution in [3.05, 3.63) is 108 Å². The monoisotopic (exact) mass is 337 g/mol. The van der Waals surface area contributed by atoms with E-state index in [1.165, 1.54) is 5.39 Å². The molecule has 126 valence electrons. The van der Waals surface area contributed by atoms with Crippen LogP contribution in [0.4, 0.5) is 5.69 Å². The van der Waals surface area contributed by atoms with Gasteiger partial charge in [-0.2, -0.15) is 5.10 Å². The van der Waals surface area contributed by atoms with Crippen molar-refractivity contribution in [3.63, 3.8) is 0 Å². The Morgan fingerprint density at radius 2 is 1.38 bits per heavy atom. The molecule has 0 saturated heterocycles. The number of aromatic nitrogens is 1. The smallest absolute Gasteiger partial charge is 0.0977 e. The van der Waals surface area contributed by atoms with E-state index in [0.717, 1.165) is 33.5 Å². The van der Waals surface area contributed by atoms with Crippen LogP contribution >= 0.6 is 0 Å². The summed E-state index contributed by atoms with van der Waals surface area (Å²) in [5.74, 6) is 0. The molecule has 1 heterocycles. The normalized spacial score (nSPS) is 10.5. The van der Waals surface area contributed by atoms with Gasteiger partial charge in [0.05, 0.1) is 11.4 Å². The minimum Gasteiger partial charge on any atom is -0.277 e. The number of hydrogen-bond acceptors (Lipinski definition) is 3. The maximum absolute atomic E-state index is 4.75. The van der Waals surface area contributed by atoms with Crippen molar-refractivity contribution in [3.8, 4) is 0 Å². The Kier molecular flexibility index (Phi) is 4.44. The molecule has 26 heavy (non-hydrogen) atoms. The van der Waals surface area contributed by atoms with Gasteiger partial charge in [0.2, 0.25) is 0 Å². The highest BCUT2D eigenvalue weighted by Gasteiger charge is 2.08. The van der Waals surface area contributed by atoms with Gasteiger partial charge in [0.1, 0.15) is 0 Å². The van der Waals surface area contributed by atoms with E-state index in [9.17, 15) is 0 Å². The predicted octanol–water partition coefficient (Wildman–Crippen LogP) is 5.41. The molecule has 3 heteroatoms. The number of nitrogens with one attached hydrogen (secondary N) is 1. The molecule has 0 amide bonds. The van der Waals surface area contributed by atoms with Crippen LogP contribution in [0.2, 0.25) is 0 Å². The minimum atomic E-state index is 0.906. The SMILES string of the molecule is Cc1cncc2c(NN=C(c3ccccc3)c3ccccc3)cccc12. The fourth-order valence-corrected chi connectivity index (χ4v) is 3.04. The second-order valence-corrected chi connectivity index (χ2v) is 6.16. The van der Waals surface area contributed by atoms with Gasteiger partial charge in [0, 0.05) is 28.9 Å². The molecule has 0 aliphatic rings. The number of fused-ring (bicyclic) bond motifs is 1. The fraction of sp³-hybridized carbons (Fsp3) is 0.0435. The van der Waals surface area contributed by atoms with E-state index in [0.29, 0.717) is 0 Å². The van der Waals surface area contributed by atoms with Gasteiger partial charge in [-0.15, -0.1) is 0 Å². The molecule has 3 aromatic carbocycles. The number of nitrogens with zero attached hydrogens (tertiary/aromatic N) is 2. The number of anilines is 1. The van der Waals surface area contributed by atoms with E-state index in [2.05, 4.69) is 47.7 Å². The molecule has 0 aliphatic heterocycles. The molecule has 0 saturated carbocycles. The number of hydrogen-bond donors (Lipinski definition) is 1. The van der Waals surface area contributed by atoms with Crippen LogP contribution in [0, 0.1) is 6.92 Å². The molecule has 1 N–H and O–H groups in total. The first-order valence-electron chi connectivity index (χ1n) is 8.61. The third-order valence-electron chi connectivity index (χ3n) is 4.39. The Bertz CT molecular complexity index is 1010. The molecule has 0 aliphatic carbocycles. The quantitative estimate of drug-likeness (QED) is 0.399. The van der Waals surface area contributed by atoms with Gasteiger partial charge in [0.25, 0.3) is 0 Å². The molecule has 0 unspecified atom stereocenters. The Hall–Kier alpha value is -3.46. The summed E-state index contributed by atoms with van der Waals surface area (Å²) in [6, 6.07) is 26.6. The summed E-state index contributed by atoms with van der Waals surface area (Å²) in [7, 11) is 0. The highest BCUT2D eigenvalue weighted by molar-refractivity contribution is 6.13. The van der Waals surface area contributed by atoms with Gasteiger partial charge in [-0.05, 0) is 23.9 Å². The highest BCUT2D eigenvalue weighted by atomic mass is 15.3. The van der Waals surface area contributed by atoms with Crippen LogP contribution in [0.15, 0.2) is 96.4 Å². The van der Waals surface area contributed by atoms with Crippen LogP contribution < -0.4 is 5.43 Å². The van der Waals surface area contributed by atoms with Crippen molar-refractivity contribution in [1.29, 1.82) is 0 Å². The summed E-state index contributed by atoms with van der Waals surface area (Å²) in [6.45, 7) is 2.07. The van der Waals surface area contributed by atoms with Crippen molar-refractivity contribution in [2.45, 2.75) is 6.92 Å². The maximum Gasteiger partial charge on any atom is 0.0977 e. The maximum atomic E-state index is 4.75. The predicted molar refractivity (Wildman–Crippen MR) is 109 cm³/mol. The highest BCUT2D eigenvalue weighted by Crippen LogP contribution is 2.25. The number of benzene rings is 3. The van der Waals surface area contributed by atoms with Crippen LogP contribution in [-0.2, 0) is 0 Å². The summed E-state index contributed by atoms with van der Waals surface area (Å²) >= 11 is 0. The molecular formula is C23H19N3. The van der Waals surface area contributed by atoms with Crippen molar-refractivity contribution in [2.75, 3.05) is 5.43 Å². The first-order valence-corrected chi connectivity index (χ1v) is 8.61. The van der Waals surface area contributed by atoms with Crippen LogP contribution in [0.1, 0.15) is 16.7 Å². The van der Waals surface area contributed by atoms with E-state index < -0.39 is 0 Å². The summed E-state index contributed by atoms with van der Waals surface area (Å²) in [6.07, 6.45) is 3.76. The van der Waals surface area contributed by atoms with Gasteiger partial charge >= 0.3 is 0 Å². The molecule has 4 aromatic rings. The fourth-order valence-electron chi connectivity index (χ4n) is 3.04. The summed E-state index contributed by atoms with van der Waals surface area (Å²) < 4.78 is 0. The molecule has 3 nitrogen and oxygen atoms in total. The Morgan fingerprint density at radius 3 is 2.04 bits per heavy atom. The largest absolute Gasteiger partial charge is 0.277 e. The van der Waals surface area contributed by atoms with E-state index in [-0.39, 0.29) is 0 Å². The number of rotatable bonds is 4. The standard InChI is InChI=1S/C23H19N3/c1-17-15-24-16-21-20(17)13-8-14-22(21)25-26-23(18-9-4-2-5-10-18)19-11-6-3-7-12-19/h2-16,25H,1H3. The zero-order chi connectivity index (χ0) is 17.8. The molecule has 0 radical (unpaired) electrons. The Morgan fingerprint density at radius 1 is 0.731 bits per heavy atom. The summed E-state index contributed by atoms with van der Waals surface area (Å²) in [5.41, 5.74) is 8.41. The lowest BCUT2D eigenvalue weighted by Crippen LogP contribution is -2.06. The average molecular weight is 337 g/mol. The van der Waals surface area contributed by atoms with Gasteiger partial charge in [-0.25, -0.2) is 0 Å². The lowest BCUT2D eigenvalue weighted by molar-refractivity contribution is 1.29. The molecule has 1 aromatic heterocycles. The minimum absolute atomic E-state index is 0.906. The molecular weight excluding hydrogens is 318 g/mol. The zero-order valence-corrected chi connectivity index (χ0v) is 14.6. The Balaban J connectivity index is 1.79. The van der Waals surface area contributed by atoms with Crippen LogP contribution in [0.5, 0.6) is 0 Å². The lowest BCUT2D eigenvalue weighted by atomic mass is 10.0. The van der Waals surface area contributed by atoms with E-state index in [1.54, 1.807) is 0 Å². The molecule has 0 bridgehead atoms. The van der Waals surface area contributed by atoms with Gasteiger partial charge in [-0.3, -0.25) is 10.4 Å². The van der Waals surface area contributed by atoms with Gasteiger partial charge < -0.3 is 0 Å². The molecule has 4 rings (SSSR count). The Labute approximate surface area is 153 Å². The second kappa shape index (κ2) is 7.19. The van der Waals surface area contributed by atoms with E-state index >= 15 is 0 Å². The van der Waals surface area contributed by atoms with E-state index in [4.69, 9.17) is 5.10 Å². The first kappa shape index (κ1) is 16.0. The summed E-state index contributed by atoms with van der Waals surface area (Å²) in [4.78, 5) is 4.33. The van der Waals surface area contributed by atoms with Crippen molar-refractivity contribution in [1.82, 2.24) is 4.98 Å². The topological polar surface area (TPSA) is 37.3 Å². The van der Waals surface area contributed by atoms with Crippen molar-refractivity contribution < 1.29 is 0 Å². The van der Waals surface area contributed by atoms with Crippen LogP contribution in [-0.4, -0.2) is 10.7 Å². The van der Waals surface area contributed by atoms with Gasteiger partial charge in [-0.1, -0.05) is 72.8 Å². The van der Waals surface area contributed by atoms with Crippen molar-refractivity contribution >= 4 is 22.2 Å².